The fourth-order valence-corrected chi connectivity index (χ4v) is 1.06. The lowest BCUT2D eigenvalue weighted by molar-refractivity contribution is 0.511. The molecule has 0 heterocycles. The van der Waals surface area contributed by atoms with Crippen molar-refractivity contribution in [2.45, 2.75) is 6.92 Å². The molecule has 0 bridgehead atoms. The largest absolute Gasteiger partial charge is 0.507 e. The maximum Gasteiger partial charge on any atom is 0.123 e. The second-order valence-corrected chi connectivity index (χ2v) is 2.60. The number of rotatable bonds is 2. The van der Waals surface area contributed by atoms with E-state index < -0.39 is 0 Å². The van der Waals surface area contributed by atoms with Crippen LogP contribution in [-0.4, -0.2) is 5.11 Å². The fourth-order valence-electron chi connectivity index (χ4n) is 1.06. The standard InChI is InChI=1S/C11H12O/c1-3-6-11(12)10-8-5-4-7-9(10)2/h3-8,12H,1H2,2H3/b11-6+. The molecule has 0 aliphatic rings. The van der Waals surface area contributed by atoms with E-state index in [0.717, 1.165) is 11.1 Å². The van der Waals surface area contributed by atoms with Gasteiger partial charge in [0.1, 0.15) is 5.76 Å². The predicted octanol–water partition coefficient (Wildman–Crippen LogP) is 3.08. The SMILES string of the molecule is C=C/C=C(/O)c1ccccc1C. The molecule has 0 atom stereocenters. The Morgan fingerprint density at radius 1 is 1.42 bits per heavy atom. The molecule has 0 aliphatic heterocycles. The molecule has 1 N–H and O–H groups in total. The minimum atomic E-state index is 0.267. The molecule has 0 amide bonds. The molecule has 1 aromatic rings. The first-order chi connectivity index (χ1) is 5.75. The number of aliphatic hydroxyl groups excluding tert-OH is 1. The van der Waals surface area contributed by atoms with Crippen LogP contribution in [0.15, 0.2) is 43.0 Å². The molecule has 0 radical (unpaired) electrons. The first-order valence-corrected chi connectivity index (χ1v) is 3.83. The van der Waals surface area contributed by atoms with E-state index in [2.05, 4.69) is 6.58 Å². The van der Waals surface area contributed by atoms with E-state index in [4.69, 9.17) is 0 Å². The van der Waals surface area contributed by atoms with Crippen LogP contribution < -0.4 is 0 Å². The summed E-state index contributed by atoms with van der Waals surface area (Å²) in [4.78, 5) is 0. The van der Waals surface area contributed by atoms with Crippen LogP contribution in [0.2, 0.25) is 0 Å². The van der Waals surface area contributed by atoms with Crippen LogP contribution in [0, 0.1) is 6.92 Å². The highest BCUT2D eigenvalue weighted by molar-refractivity contribution is 5.62. The average molecular weight is 160 g/mol. The van der Waals surface area contributed by atoms with Gasteiger partial charge in [0.15, 0.2) is 0 Å². The third-order valence-corrected chi connectivity index (χ3v) is 1.70. The minimum Gasteiger partial charge on any atom is -0.507 e. The Kier molecular flexibility index (Phi) is 2.70. The number of allylic oxidation sites excluding steroid dienone is 2. The van der Waals surface area contributed by atoms with E-state index in [1.165, 1.54) is 0 Å². The molecule has 0 fully saturated rings. The number of aliphatic hydroxyl groups is 1. The smallest absolute Gasteiger partial charge is 0.123 e. The molecular weight excluding hydrogens is 148 g/mol. The van der Waals surface area contributed by atoms with Crippen molar-refractivity contribution in [3.8, 4) is 0 Å². The Morgan fingerprint density at radius 2 is 2.08 bits per heavy atom. The zero-order valence-electron chi connectivity index (χ0n) is 7.12. The Morgan fingerprint density at radius 3 is 2.67 bits per heavy atom. The quantitative estimate of drug-likeness (QED) is 0.520. The van der Waals surface area contributed by atoms with E-state index in [9.17, 15) is 5.11 Å². The van der Waals surface area contributed by atoms with E-state index in [-0.39, 0.29) is 5.76 Å². The molecule has 0 aromatic heterocycles. The van der Waals surface area contributed by atoms with E-state index in [1.807, 2.05) is 31.2 Å². The third kappa shape index (κ3) is 1.76. The third-order valence-electron chi connectivity index (χ3n) is 1.70. The topological polar surface area (TPSA) is 20.2 Å². The van der Waals surface area contributed by atoms with Gasteiger partial charge in [-0.05, 0) is 18.6 Å². The summed E-state index contributed by atoms with van der Waals surface area (Å²) in [5.41, 5.74) is 1.92. The van der Waals surface area contributed by atoms with Gasteiger partial charge < -0.3 is 5.11 Å². The van der Waals surface area contributed by atoms with Crippen molar-refractivity contribution in [3.63, 3.8) is 0 Å². The van der Waals surface area contributed by atoms with Crippen LogP contribution in [0.4, 0.5) is 0 Å². The molecule has 0 spiro atoms. The van der Waals surface area contributed by atoms with Crippen molar-refractivity contribution >= 4 is 5.76 Å². The summed E-state index contributed by atoms with van der Waals surface area (Å²) in [7, 11) is 0. The normalized spacial score (nSPS) is 11.2. The Balaban J connectivity index is 3.10. The summed E-state index contributed by atoms with van der Waals surface area (Å²) in [6.07, 6.45) is 3.16. The zero-order chi connectivity index (χ0) is 8.97. The summed E-state index contributed by atoms with van der Waals surface area (Å²) in [6, 6.07) is 7.68. The van der Waals surface area contributed by atoms with Gasteiger partial charge in [-0.2, -0.15) is 0 Å². The van der Waals surface area contributed by atoms with Gasteiger partial charge in [-0.25, -0.2) is 0 Å². The van der Waals surface area contributed by atoms with E-state index >= 15 is 0 Å². The monoisotopic (exact) mass is 160 g/mol. The van der Waals surface area contributed by atoms with Gasteiger partial charge in [0.25, 0.3) is 0 Å². The summed E-state index contributed by atoms with van der Waals surface area (Å²) in [5.74, 6) is 0.267. The van der Waals surface area contributed by atoms with Gasteiger partial charge in [0.2, 0.25) is 0 Å². The molecule has 0 saturated carbocycles. The molecule has 1 aromatic carbocycles. The first kappa shape index (κ1) is 8.60. The van der Waals surface area contributed by atoms with Crippen LogP contribution in [0.1, 0.15) is 11.1 Å². The molecule has 0 aliphatic carbocycles. The number of hydrogen-bond acceptors (Lipinski definition) is 1. The van der Waals surface area contributed by atoms with Crippen LogP contribution in [-0.2, 0) is 0 Å². The number of hydrogen-bond donors (Lipinski definition) is 1. The molecule has 12 heavy (non-hydrogen) atoms. The lowest BCUT2D eigenvalue weighted by Crippen LogP contribution is -1.85. The maximum absolute atomic E-state index is 9.49. The van der Waals surface area contributed by atoms with Crippen molar-refractivity contribution in [1.29, 1.82) is 0 Å². The Bertz CT molecular complexity index is 311. The molecule has 1 rings (SSSR count). The highest BCUT2D eigenvalue weighted by atomic mass is 16.3. The Labute approximate surface area is 72.7 Å². The summed E-state index contributed by atoms with van der Waals surface area (Å²) < 4.78 is 0. The average Bonchev–Trinajstić information content (AvgIpc) is 2.05. The molecule has 1 nitrogen and oxygen atoms in total. The second-order valence-electron chi connectivity index (χ2n) is 2.60. The number of benzene rings is 1. The van der Waals surface area contributed by atoms with Crippen LogP contribution in [0.25, 0.3) is 5.76 Å². The zero-order valence-corrected chi connectivity index (χ0v) is 7.12. The first-order valence-electron chi connectivity index (χ1n) is 3.83. The van der Waals surface area contributed by atoms with Crippen molar-refractivity contribution in [1.82, 2.24) is 0 Å². The molecule has 62 valence electrons. The van der Waals surface area contributed by atoms with Gasteiger partial charge >= 0.3 is 0 Å². The van der Waals surface area contributed by atoms with Gasteiger partial charge in [-0.3, -0.25) is 0 Å². The summed E-state index contributed by atoms with van der Waals surface area (Å²) in [6.45, 7) is 5.48. The highest BCUT2D eigenvalue weighted by Gasteiger charge is 1.99. The van der Waals surface area contributed by atoms with E-state index in [0.29, 0.717) is 0 Å². The minimum absolute atomic E-state index is 0.267. The van der Waals surface area contributed by atoms with Crippen molar-refractivity contribution < 1.29 is 5.11 Å². The highest BCUT2D eigenvalue weighted by Crippen LogP contribution is 2.15. The van der Waals surface area contributed by atoms with Crippen molar-refractivity contribution in [2.24, 2.45) is 0 Å². The summed E-state index contributed by atoms with van der Waals surface area (Å²) in [5, 5.41) is 9.49. The van der Waals surface area contributed by atoms with Gasteiger partial charge in [0.05, 0.1) is 0 Å². The molecular formula is C11H12O. The molecule has 1 heteroatoms. The van der Waals surface area contributed by atoms with E-state index in [1.54, 1.807) is 12.2 Å². The van der Waals surface area contributed by atoms with Crippen LogP contribution >= 0.6 is 0 Å². The fraction of sp³-hybridized carbons (Fsp3) is 0.0909. The maximum atomic E-state index is 9.49. The van der Waals surface area contributed by atoms with Crippen LogP contribution in [0.5, 0.6) is 0 Å². The van der Waals surface area contributed by atoms with Crippen molar-refractivity contribution in [2.75, 3.05) is 0 Å². The van der Waals surface area contributed by atoms with Gasteiger partial charge in [-0.15, -0.1) is 0 Å². The number of aryl methyl sites for hydroxylation is 1. The van der Waals surface area contributed by atoms with Crippen molar-refractivity contribution in [3.05, 3.63) is 54.1 Å². The van der Waals surface area contributed by atoms with Gasteiger partial charge in [0, 0.05) is 5.56 Å². The van der Waals surface area contributed by atoms with Crippen LogP contribution in [0.3, 0.4) is 0 Å². The lowest BCUT2D eigenvalue weighted by atomic mass is 10.1. The molecule has 0 saturated heterocycles. The Hall–Kier alpha value is -1.50. The second kappa shape index (κ2) is 3.77. The molecule has 0 unspecified atom stereocenters. The lowest BCUT2D eigenvalue weighted by Gasteiger charge is -2.02. The van der Waals surface area contributed by atoms with Gasteiger partial charge in [-0.1, -0.05) is 36.9 Å². The summed E-state index contributed by atoms with van der Waals surface area (Å²) >= 11 is 0. The predicted molar refractivity (Wildman–Crippen MR) is 52.0 cm³/mol.